The largest absolute Gasteiger partial charge is 0.395 e. The highest BCUT2D eigenvalue weighted by Crippen LogP contribution is 2.26. The molecule has 0 aliphatic carbocycles. The summed E-state index contributed by atoms with van der Waals surface area (Å²) in [6, 6.07) is 2.46. The normalized spacial score (nSPS) is 13.2. The van der Waals surface area contributed by atoms with Crippen LogP contribution in [0.3, 0.4) is 0 Å². The first kappa shape index (κ1) is 15.8. The van der Waals surface area contributed by atoms with E-state index in [1.54, 1.807) is 6.92 Å². The fourth-order valence-electron chi connectivity index (χ4n) is 1.35. The highest BCUT2D eigenvalue weighted by molar-refractivity contribution is 7.89. The topological polar surface area (TPSA) is 110 Å². The lowest BCUT2D eigenvalue weighted by molar-refractivity contribution is -0.384. The molecule has 19 heavy (non-hydrogen) atoms. The van der Waals surface area contributed by atoms with E-state index in [4.69, 9.17) is 16.7 Å². The summed E-state index contributed by atoms with van der Waals surface area (Å²) in [6.45, 7) is 1.36. The molecule has 106 valence electrons. The molecule has 0 bridgehead atoms. The first-order valence-electron chi connectivity index (χ1n) is 5.39. The van der Waals surface area contributed by atoms with Crippen molar-refractivity contribution in [2.24, 2.45) is 0 Å². The molecule has 7 nitrogen and oxygen atoms in total. The van der Waals surface area contributed by atoms with Gasteiger partial charge in [-0.3, -0.25) is 10.1 Å². The first-order chi connectivity index (χ1) is 8.81. The molecular weight excluding hydrogens is 296 g/mol. The molecule has 1 rings (SSSR count). The summed E-state index contributed by atoms with van der Waals surface area (Å²) in [5.41, 5.74) is -0.293. The first-order valence-corrected chi connectivity index (χ1v) is 7.25. The van der Waals surface area contributed by atoms with Crippen molar-refractivity contribution < 1.29 is 18.4 Å². The summed E-state index contributed by atoms with van der Waals surface area (Å²) in [6.07, 6.45) is 0.403. The van der Waals surface area contributed by atoms with Crippen LogP contribution in [0.1, 0.15) is 13.3 Å². The third kappa shape index (κ3) is 3.87. The van der Waals surface area contributed by atoms with Crippen molar-refractivity contribution in [1.82, 2.24) is 4.72 Å². The molecule has 0 amide bonds. The number of rotatable bonds is 6. The maximum absolute atomic E-state index is 12.0. The predicted molar refractivity (Wildman–Crippen MR) is 69.6 cm³/mol. The number of nitro benzene ring substituents is 1. The second-order valence-corrected chi connectivity index (χ2v) is 5.87. The summed E-state index contributed by atoms with van der Waals surface area (Å²) in [7, 11) is -3.92. The molecule has 1 atom stereocenters. The molecule has 0 heterocycles. The molecule has 0 aliphatic heterocycles. The Hall–Kier alpha value is -1.22. The SMILES string of the molecule is CC[C@H](CO)NS(=O)(=O)c1ccc([N+](=O)[O-])cc1Cl. The second kappa shape index (κ2) is 6.29. The molecule has 0 aromatic heterocycles. The monoisotopic (exact) mass is 308 g/mol. The number of non-ortho nitro benzene ring substituents is 1. The van der Waals surface area contributed by atoms with Gasteiger partial charge in [-0.15, -0.1) is 0 Å². The maximum Gasteiger partial charge on any atom is 0.271 e. The van der Waals surface area contributed by atoms with E-state index in [1.165, 1.54) is 0 Å². The van der Waals surface area contributed by atoms with Crippen LogP contribution >= 0.6 is 11.6 Å². The Kier molecular flexibility index (Phi) is 5.24. The van der Waals surface area contributed by atoms with Gasteiger partial charge in [0, 0.05) is 18.2 Å². The lowest BCUT2D eigenvalue weighted by Crippen LogP contribution is -2.37. The number of nitrogens with one attached hydrogen (secondary N) is 1. The highest BCUT2D eigenvalue weighted by atomic mass is 35.5. The third-order valence-electron chi connectivity index (χ3n) is 2.45. The van der Waals surface area contributed by atoms with Gasteiger partial charge < -0.3 is 5.11 Å². The van der Waals surface area contributed by atoms with Gasteiger partial charge in [0.2, 0.25) is 10.0 Å². The quantitative estimate of drug-likeness (QED) is 0.608. The molecule has 0 saturated carbocycles. The molecule has 0 unspecified atom stereocenters. The average Bonchev–Trinajstić information content (AvgIpc) is 2.35. The minimum absolute atomic E-state index is 0.241. The summed E-state index contributed by atoms with van der Waals surface area (Å²) in [5, 5.41) is 19.3. The molecule has 0 spiro atoms. The van der Waals surface area contributed by atoms with Gasteiger partial charge in [0.1, 0.15) is 4.90 Å². The van der Waals surface area contributed by atoms with Crippen molar-refractivity contribution in [3.63, 3.8) is 0 Å². The van der Waals surface area contributed by atoms with E-state index >= 15 is 0 Å². The van der Waals surface area contributed by atoms with Gasteiger partial charge in [0.05, 0.1) is 16.6 Å². The van der Waals surface area contributed by atoms with Crippen molar-refractivity contribution in [2.45, 2.75) is 24.3 Å². The van der Waals surface area contributed by atoms with E-state index in [0.717, 1.165) is 18.2 Å². The van der Waals surface area contributed by atoms with Crippen LogP contribution in [0, 0.1) is 10.1 Å². The molecule has 2 N–H and O–H groups in total. The molecule has 0 radical (unpaired) electrons. The molecule has 0 fully saturated rings. The molecule has 9 heteroatoms. The van der Waals surface area contributed by atoms with Gasteiger partial charge in [-0.2, -0.15) is 0 Å². The van der Waals surface area contributed by atoms with Gasteiger partial charge in [-0.25, -0.2) is 13.1 Å². The number of benzene rings is 1. The van der Waals surface area contributed by atoms with Gasteiger partial charge in [0.25, 0.3) is 5.69 Å². The Balaban J connectivity index is 3.12. The van der Waals surface area contributed by atoms with Crippen molar-refractivity contribution in [2.75, 3.05) is 6.61 Å². The van der Waals surface area contributed by atoms with Gasteiger partial charge in [0.15, 0.2) is 0 Å². The predicted octanol–water partition coefficient (Wildman–Crippen LogP) is 1.30. The standard InChI is InChI=1S/C10H13ClN2O5S/c1-2-7(6-14)12-19(17,18)10-4-3-8(13(15)16)5-9(10)11/h3-5,7,12,14H,2,6H2,1H3/t7-/m1/s1. The Bertz CT molecular complexity index is 571. The molecule has 0 aliphatic rings. The van der Waals surface area contributed by atoms with E-state index < -0.39 is 21.0 Å². The van der Waals surface area contributed by atoms with Crippen LogP contribution in [0.2, 0.25) is 5.02 Å². The van der Waals surface area contributed by atoms with E-state index in [2.05, 4.69) is 4.72 Å². The molecule has 1 aromatic carbocycles. The fourth-order valence-corrected chi connectivity index (χ4v) is 3.20. The number of hydrogen-bond donors (Lipinski definition) is 2. The number of halogens is 1. The minimum atomic E-state index is -3.92. The van der Waals surface area contributed by atoms with E-state index in [1.807, 2.05) is 0 Å². The van der Waals surface area contributed by atoms with Crippen LogP contribution in [-0.4, -0.2) is 31.1 Å². The Morgan fingerprint density at radius 1 is 1.53 bits per heavy atom. The second-order valence-electron chi connectivity index (χ2n) is 3.78. The zero-order chi connectivity index (χ0) is 14.6. The molecule has 1 aromatic rings. The summed E-state index contributed by atoms with van der Waals surface area (Å²) in [5.74, 6) is 0. The third-order valence-corrected chi connectivity index (χ3v) is 4.45. The number of hydrogen-bond acceptors (Lipinski definition) is 5. The van der Waals surface area contributed by atoms with Crippen molar-refractivity contribution in [3.05, 3.63) is 33.3 Å². The molecule has 0 saturated heterocycles. The maximum atomic E-state index is 12.0. The van der Waals surface area contributed by atoms with Crippen LogP contribution in [0.25, 0.3) is 0 Å². The summed E-state index contributed by atoms with van der Waals surface area (Å²) in [4.78, 5) is 9.61. The lowest BCUT2D eigenvalue weighted by Gasteiger charge is -2.14. The number of nitrogens with zero attached hydrogens (tertiary/aromatic N) is 1. The Morgan fingerprint density at radius 2 is 2.16 bits per heavy atom. The van der Waals surface area contributed by atoms with Crippen LogP contribution in [0.4, 0.5) is 5.69 Å². The minimum Gasteiger partial charge on any atom is -0.395 e. The van der Waals surface area contributed by atoms with Crippen LogP contribution in [-0.2, 0) is 10.0 Å². The average molecular weight is 309 g/mol. The number of nitro groups is 1. The zero-order valence-corrected chi connectivity index (χ0v) is 11.6. The van der Waals surface area contributed by atoms with Gasteiger partial charge in [-0.1, -0.05) is 18.5 Å². The van der Waals surface area contributed by atoms with E-state index in [0.29, 0.717) is 6.42 Å². The zero-order valence-electron chi connectivity index (χ0n) is 10.0. The lowest BCUT2D eigenvalue weighted by atomic mass is 10.3. The fraction of sp³-hybridized carbons (Fsp3) is 0.400. The van der Waals surface area contributed by atoms with Crippen molar-refractivity contribution >= 4 is 27.3 Å². The Morgan fingerprint density at radius 3 is 2.58 bits per heavy atom. The van der Waals surface area contributed by atoms with Gasteiger partial charge in [-0.05, 0) is 12.5 Å². The summed E-state index contributed by atoms with van der Waals surface area (Å²) < 4.78 is 26.2. The number of aliphatic hydroxyl groups is 1. The van der Waals surface area contributed by atoms with Crippen molar-refractivity contribution in [1.29, 1.82) is 0 Å². The van der Waals surface area contributed by atoms with Crippen LogP contribution < -0.4 is 4.72 Å². The van der Waals surface area contributed by atoms with Crippen LogP contribution in [0.15, 0.2) is 23.1 Å². The smallest absolute Gasteiger partial charge is 0.271 e. The van der Waals surface area contributed by atoms with Crippen LogP contribution in [0.5, 0.6) is 0 Å². The van der Waals surface area contributed by atoms with E-state index in [9.17, 15) is 18.5 Å². The van der Waals surface area contributed by atoms with Gasteiger partial charge >= 0.3 is 0 Å². The van der Waals surface area contributed by atoms with Crippen molar-refractivity contribution in [3.8, 4) is 0 Å². The summed E-state index contributed by atoms with van der Waals surface area (Å²) >= 11 is 5.74. The number of sulfonamides is 1. The highest BCUT2D eigenvalue weighted by Gasteiger charge is 2.23. The van der Waals surface area contributed by atoms with E-state index in [-0.39, 0.29) is 22.2 Å². The Labute approximate surface area is 115 Å². The molecular formula is C10H13ClN2O5S. The number of aliphatic hydroxyl groups excluding tert-OH is 1.